The monoisotopic (exact) mass is 247 g/mol. The summed E-state index contributed by atoms with van der Waals surface area (Å²) in [7, 11) is 0. The molecule has 0 saturated carbocycles. The minimum atomic E-state index is -0.227. The Bertz CT molecular complexity index is 228. The van der Waals surface area contributed by atoms with Crippen LogP contribution in [0.2, 0.25) is 0 Å². The fourth-order valence-electron chi connectivity index (χ4n) is 1.32. The third kappa shape index (κ3) is 2.30. The topological polar surface area (TPSA) is 37.4 Å². The molecule has 1 heterocycles. The molecule has 0 aromatic rings. The fourth-order valence-corrected chi connectivity index (χ4v) is 1.56. The molecular formula is C9H14BrNO2. The molecule has 13 heavy (non-hydrogen) atoms. The van der Waals surface area contributed by atoms with E-state index in [0.29, 0.717) is 13.0 Å². The minimum absolute atomic E-state index is 0.0323. The molecule has 2 amide bonds. The largest absolute Gasteiger partial charge is 0.282 e. The van der Waals surface area contributed by atoms with Gasteiger partial charge in [0.05, 0.1) is 4.83 Å². The number of rotatable bonds is 2. The summed E-state index contributed by atoms with van der Waals surface area (Å²) in [4.78, 5) is 24.0. The highest BCUT2D eigenvalue weighted by atomic mass is 79.9. The summed E-state index contributed by atoms with van der Waals surface area (Å²) in [5.41, 5.74) is 0. The molecule has 1 fully saturated rings. The Kier molecular flexibility index (Phi) is 3.47. The zero-order valence-corrected chi connectivity index (χ0v) is 9.50. The van der Waals surface area contributed by atoms with Gasteiger partial charge in [0, 0.05) is 13.0 Å². The molecule has 3 nitrogen and oxygen atoms in total. The number of amides is 2. The van der Waals surface area contributed by atoms with Crippen LogP contribution in [0, 0.1) is 5.92 Å². The van der Waals surface area contributed by atoms with E-state index >= 15 is 0 Å². The second-order valence-corrected chi connectivity index (χ2v) is 4.62. The first kappa shape index (κ1) is 10.7. The van der Waals surface area contributed by atoms with Crippen molar-refractivity contribution < 1.29 is 9.59 Å². The number of hydrogen-bond donors (Lipinski definition) is 0. The predicted molar refractivity (Wildman–Crippen MR) is 53.5 cm³/mol. The van der Waals surface area contributed by atoms with Crippen molar-refractivity contribution in [3.8, 4) is 0 Å². The average Bonchev–Trinajstić information content (AvgIpc) is 2.48. The number of carbonyl (C=O) groups excluding carboxylic acids is 2. The summed E-state index contributed by atoms with van der Waals surface area (Å²) in [5.74, 6) is 0.105. The van der Waals surface area contributed by atoms with E-state index in [1.165, 1.54) is 4.90 Å². The van der Waals surface area contributed by atoms with Gasteiger partial charge in [-0.3, -0.25) is 14.5 Å². The van der Waals surface area contributed by atoms with Crippen LogP contribution in [-0.4, -0.2) is 28.1 Å². The highest BCUT2D eigenvalue weighted by molar-refractivity contribution is 9.10. The minimum Gasteiger partial charge on any atom is -0.282 e. The Morgan fingerprint density at radius 1 is 1.54 bits per heavy atom. The lowest BCUT2D eigenvalue weighted by molar-refractivity contribution is -0.141. The molecule has 0 aliphatic carbocycles. The molecule has 0 spiro atoms. The lowest BCUT2D eigenvalue weighted by atomic mass is 10.1. The number of halogens is 1. The second kappa shape index (κ2) is 4.22. The third-order valence-electron chi connectivity index (χ3n) is 2.16. The van der Waals surface area contributed by atoms with Gasteiger partial charge in [-0.1, -0.05) is 29.8 Å². The molecule has 0 N–H and O–H groups in total. The number of nitrogens with zero attached hydrogens (tertiary/aromatic N) is 1. The normalized spacial score (nSPS) is 19.7. The lowest BCUT2D eigenvalue weighted by Crippen LogP contribution is -2.39. The van der Waals surface area contributed by atoms with E-state index in [4.69, 9.17) is 0 Å². The zero-order valence-electron chi connectivity index (χ0n) is 7.92. The van der Waals surface area contributed by atoms with E-state index in [1.54, 1.807) is 0 Å². The first-order valence-electron chi connectivity index (χ1n) is 4.52. The molecule has 1 aliphatic rings. The van der Waals surface area contributed by atoms with Gasteiger partial charge in [0.25, 0.3) is 0 Å². The summed E-state index contributed by atoms with van der Waals surface area (Å²) in [6, 6.07) is 0. The maximum atomic E-state index is 11.7. The molecular weight excluding hydrogens is 234 g/mol. The average molecular weight is 248 g/mol. The highest BCUT2D eigenvalue weighted by Gasteiger charge is 2.31. The Labute approximate surface area is 86.6 Å². The number of carbonyl (C=O) groups is 2. The SMILES string of the molecule is CC(C)C(Br)C(=O)N1CCCC1=O. The Hall–Kier alpha value is -0.380. The van der Waals surface area contributed by atoms with E-state index in [9.17, 15) is 9.59 Å². The third-order valence-corrected chi connectivity index (χ3v) is 3.61. The summed E-state index contributed by atoms with van der Waals surface area (Å²) in [6.07, 6.45) is 1.33. The van der Waals surface area contributed by atoms with Crippen molar-refractivity contribution in [3.63, 3.8) is 0 Å². The molecule has 0 radical (unpaired) electrons. The van der Waals surface area contributed by atoms with Gasteiger partial charge in [0.2, 0.25) is 11.8 Å². The standard InChI is InChI=1S/C9H14BrNO2/c1-6(2)8(10)9(13)11-5-3-4-7(11)12/h6,8H,3-5H2,1-2H3. The lowest BCUT2D eigenvalue weighted by Gasteiger charge is -2.19. The smallest absolute Gasteiger partial charge is 0.243 e. The van der Waals surface area contributed by atoms with Gasteiger partial charge in [-0.2, -0.15) is 0 Å². The number of alkyl halides is 1. The molecule has 1 atom stereocenters. The molecule has 0 bridgehead atoms. The molecule has 74 valence electrons. The van der Waals surface area contributed by atoms with Crippen molar-refractivity contribution >= 4 is 27.7 Å². The van der Waals surface area contributed by atoms with E-state index in [0.717, 1.165) is 6.42 Å². The second-order valence-electron chi connectivity index (χ2n) is 3.63. The van der Waals surface area contributed by atoms with Crippen molar-refractivity contribution in [1.29, 1.82) is 0 Å². The number of hydrogen-bond acceptors (Lipinski definition) is 2. The summed E-state index contributed by atoms with van der Waals surface area (Å²) < 4.78 is 0. The van der Waals surface area contributed by atoms with Crippen molar-refractivity contribution in [2.45, 2.75) is 31.5 Å². The van der Waals surface area contributed by atoms with Gasteiger partial charge in [-0.15, -0.1) is 0 Å². The van der Waals surface area contributed by atoms with E-state index in [2.05, 4.69) is 15.9 Å². The summed E-state index contributed by atoms with van der Waals surface area (Å²) in [6.45, 7) is 4.50. The van der Waals surface area contributed by atoms with Crippen LogP contribution < -0.4 is 0 Å². The quantitative estimate of drug-likeness (QED) is 0.695. The van der Waals surface area contributed by atoms with Crippen LogP contribution in [0.25, 0.3) is 0 Å². The van der Waals surface area contributed by atoms with Crippen molar-refractivity contribution in [2.24, 2.45) is 5.92 Å². The van der Waals surface area contributed by atoms with Crippen molar-refractivity contribution in [3.05, 3.63) is 0 Å². The maximum absolute atomic E-state index is 11.7. The van der Waals surface area contributed by atoms with Gasteiger partial charge >= 0.3 is 0 Å². The van der Waals surface area contributed by atoms with Gasteiger partial charge < -0.3 is 0 Å². The van der Waals surface area contributed by atoms with Gasteiger partial charge in [0.1, 0.15) is 0 Å². The Morgan fingerprint density at radius 3 is 2.54 bits per heavy atom. The van der Waals surface area contributed by atoms with Crippen LogP contribution in [0.1, 0.15) is 26.7 Å². The molecule has 4 heteroatoms. The summed E-state index contributed by atoms with van der Waals surface area (Å²) in [5, 5.41) is 0. The van der Waals surface area contributed by atoms with Crippen LogP contribution >= 0.6 is 15.9 Å². The predicted octanol–water partition coefficient (Wildman–Crippen LogP) is 1.55. The molecule has 0 aromatic carbocycles. The van der Waals surface area contributed by atoms with Gasteiger partial charge in [0.15, 0.2) is 0 Å². The van der Waals surface area contributed by atoms with Crippen molar-refractivity contribution in [1.82, 2.24) is 4.90 Å². The zero-order chi connectivity index (χ0) is 10.0. The van der Waals surface area contributed by atoms with E-state index in [1.807, 2.05) is 13.8 Å². The molecule has 0 aromatic heterocycles. The first-order chi connectivity index (χ1) is 6.04. The molecule has 1 rings (SSSR count). The number of imide groups is 1. The van der Waals surface area contributed by atoms with Crippen LogP contribution in [0.4, 0.5) is 0 Å². The fraction of sp³-hybridized carbons (Fsp3) is 0.778. The molecule has 1 unspecified atom stereocenters. The highest BCUT2D eigenvalue weighted by Crippen LogP contribution is 2.19. The first-order valence-corrected chi connectivity index (χ1v) is 5.44. The van der Waals surface area contributed by atoms with Gasteiger partial charge in [-0.25, -0.2) is 0 Å². The molecule has 1 aliphatic heterocycles. The van der Waals surface area contributed by atoms with E-state index in [-0.39, 0.29) is 22.6 Å². The van der Waals surface area contributed by atoms with Crippen LogP contribution in [-0.2, 0) is 9.59 Å². The number of likely N-dealkylation sites (tertiary alicyclic amines) is 1. The van der Waals surface area contributed by atoms with Crippen LogP contribution in [0.3, 0.4) is 0 Å². The van der Waals surface area contributed by atoms with E-state index < -0.39 is 0 Å². The molecule has 1 saturated heterocycles. The summed E-state index contributed by atoms with van der Waals surface area (Å²) >= 11 is 3.30. The van der Waals surface area contributed by atoms with Gasteiger partial charge in [-0.05, 0) is 12.3 Å². The van der Waals surface area contributed by atoms with Crippen LogP contribution in [0.15, 0.2) is 0 Å². The Balaban J connectivity index is 2.61. The Morgan fingerprint density at radius 2 is 2.15 bits per heavy atom. The van der Waals surface area contributed by atoms with Crippen LogP contribution in [0.5, 0.6) is 0 Å². The van der Waals surface area contributed by atoms with Crippen molar-refractivity contribution in [2.75, 3.05) is 6.54 Å². The maximum Gasteiger partial charge on any atom is 0.243 e.